The lowest BCUT2D eigenvalue weighted by molar-refractivity contribution is -0.137. The molecule has 0 saturated carbocycles. The van der Waals surface area contributed by atoms with Crippen LogP contribution in [0.25, 0.3) is 0 Å². The molecule has 24 heavy (non-hydrogen) atoms. The van der Waals surface area contributed by atoms with Crippen LogP contribution in [0.4, 0.5) is 13.2 Å². The van der Waals surface area contributed by atoms with Gasteiger partial charge in [-0.15, -0.1) is 0 Å². The highest BCUT2D eigenvalue weighted by Crippen LogP contribution is 2.31. The molecule has 8 heteroatoms. The summed E-state index contributed by atoms with van der Waals surface area (Å²) in [7, 11) is 0. The van der Waals surface area contributed by atoms with Crippen LogP contribution in [0, 0.1) is 3.70 Å². The van der Waals surface area contributed by atoms with Crippen LogP contribution >= 0.6 is 22.6 Å². The summed E-state index contributed by atoms with van der Waals surface area (Å²) in [6.45, 7) is 4.09. The molecule has 4 nitrogen and oxygen atoms in total. The Kier molecular flexibility index (Phi) is 5.05. The van der Waals surface area contributed by atoms with Gasteiger partial charge in [0.25, 0.3) is 0 Å². The van der Waals surface area contributed by atoms with Crippen LogP contribution in [0.5, 0.6) is 5.75 Å². The molecule has 1 aromatic heterocycles. The van der Waals surface area contributed by atoms with Crippen LogP contribution in [0.3, 0.4) is 0 Å². The number of rotatable bonds is 4. The van der Waals surface area contributed by atoms with Crippen molar-refractivity contribution in [2.24, 2.45) is 0 Å². The number of imidazole rings is 1. The Balaban J connectivity index is 1.71. The number of fused-ring (bicyclic) bond motifs is 1. The van der Waals surface area contributed by atoms with E-state index in [9.17, 15) is 13.2 Å². The van der Waals surface area contributed by atoms with E-state index in [4.69, 9.17) is 4.74 Å². The lowest BCUT2D eigenvalue weighted by Gasteiger charge is -2.27. The highest BCUT2D eigenvalue weighted by molar-refractivity contribution is 14.1. The van der Waals surface area contributed by atoms with Gasteiger partial charge in [0.15, 0.2) is 0 Å². The van der Waals surface area contributed by atoms with Crippen LogP contribution in [0.15, 0.2) is 24.3 Å². The standard InChI is InChI=1S/C16H17F3IN3O/c1-2-13-22-15(20)14-12(21-7-8-23(13)14)9-24-11-5-3-10(4-6-11)16(17,18)19/h3-6,12,21H,2,7-9H2,1H3. The topological polar surface area (TPSA) is 39.1 Å². The Labute approximate surface area is 151 Å². The van der Waals surface area contributed by atoms with Gasteiger partial charge in [-0.1, -0.05) is 6.92 Å². The number of nitrogens with one attached hydrogen (secondary N) is 1. The molecule has 0 fully saturated rings. The van der Waals surface area contributed by atoms with Gasteiger partial charge in [0, 0.05) is 19.5 Å². The number of hydrogen-bond donors (Lipinski definition) is 1. The van der Waals surface area contributed by atoms with E-state index in [1.165, 1.54) is 12.1 Å². The van der Waals surface area contributed by atoms with Crippen molar-refractivity contribution >= 4 is 22.6 Å². The summed E-state index contributed by atoms with van der Waals surface area (Å²) in [4.78, 5) is 4.58. The second-order valence-electron chi connectivity index (χ2n) is 5.55. The zero-order valence-electron chi connectivity index (χ0n) is 13.0. The largest absolute Gasteiger partial charge is 0.492 e. The summed E-state index contributed by atoms with van der Waals surface area (Å²) in [6, 6.07) is 4.75. The molecule has 2 heterocycles. The highest BCUT2D eigenvalue weighted by Gasteiger charge is 2.30. The highest BCUT2D eigenvalue weighted by atomic mass is 127. The fraction of sp³-hybridized carbons (Fsp3) is 0.438. The molecule has 0 bridgehead atoms. The zero-order chi connectivity index (χ0) is 17.3. The third kappa shape index (κ3) is 3.53. The molecular weight excluding hydrogens is 434 g/mol. The number of nitrogens with zero attached hydrogens (tertiary/aromatic N) is 2. The van der Waals surface area contributed by atoms with E-state index in [1.807, 2.05) is 0 Å². The van der Waals surface area contributed by atoms with Gasteiger partial charge in [0.05, 0.1) is 17.3 Å². The normalized spacial score (nSPS) is 17.6. The monoisotopic (exact) mass is 451 g/mol. The average molecular weight is 451 g/mol. The fourth-order valence-electron chi connectivity index (χ4n) is 2.84. The van der Waals surface area contributed by atoms with Gasteiger partial charge < -0.3 is 14.6 Å². The Bertz CT molecular complexity index is 713. The first-order valence-electron chi connectivity index (χ1n) is 7.68. The van der Waals surface area contributed by atoms with E-state index in [1.54, 1.807) is 0 Å². The van der Waals surface area contributed by atoms with Gasteiger partial charge in [0.1, 0.15) is 21.9 Å². The lowest BCUT2D eigenvalue weighted by Crippen LogP contribution is -2.37. The van der Waals surface area contributed by atoms with Crippen molar-refractivity contribution in [3.8, 4) is 5.75 Å². The van der Waals surface area contributed by atoms with Gasteiger partial charge in [-0.05, 0) is 46.9 Å². The number of alkyl halides is 3. The number of aromatic nitrogens is 2. The fourth-order valence-corrected chi connectivity index (χ4v) is 3.78. The maximum Gasteiger partial charge on any atom is 0.416 e. The second-order valence-corrected chi connectivity index (χ2v) is 6.57. The van der Waals surface area contributed by atoms with Crippen LogP contribution < -0.4 is 10.1 Å². The zero-order valence-corrected chi connectivity index (χ0v) is 15.2. The minimum atomic E-state index is -4.33. The first kappa shape index (κ1) is 17.5. The number of benzene rings is 1. The summed E-state index contributed by atoms with van der Waals surface area (Å²) >= 11 is 2.22. The van der Waals surface area contributed by atoms with E-state index in [0.29, 0.717) is 12.4 Å². The van der Waals surface area contributed by atoms with Crippen molar-refractivity contribution in [3.63, 3.8) is 0 Å². The molecule has 1 aromatic carbocycles. The van der Waals surface area contributed by atoms with Crippen molar-refractivity contribution < 1.29 is 17.9 Å². The molecule has 0 amide bonds. The van der Waals surface area contributed by atoms with E-state index >= 15 is 0 Å². The van der Waals surface area contributed by atoms with E-state index < -0.39 is 11.7 Å². The predicted molar refractivity (Wildman–Crippen MR) is 92.0 cm³/mol. The quantitative estimate of drug-likeness (QED) is 0.720. The van der Waals surface area contributed by atoms with Crippen molar-refractivity contribution in [2.45, 2.75) is 32.1 Å². The molecule has 1 aliphatic rings. The Morgan fingerprint density at radius 2 is 2.04 bits per heavy atom. The van der Waals surface area contributed by atoms with E-state index in [-0.39, 0.29) is 6.04 Å². The molecule has 0 aliphatic carbocycles. The molecule has 130 valence electrons. The summed E-state index contributed by atoms with van der Waals surface area (Å²) in [5.74, 6) is 1.47. The lowest BCUT2D eigenvalue weighted by atomic mass is 10.2. The van der Waals surface area contributed by atoms with Gasteiger partial charge in [-0.3, -0.25) is 0 Å². The molecule has 3 rings (SSSR count). The second kappa shape index (κ2) is 6.91. The molecule has 0 radical (unpaired) electrons. The van der Waals surface area contributed by atoms with E-state index in [0.717, 1.165) is 46.9 Å². The number of ether oxygens (including phenoxy) is 1. The molecular formula is C16H17F3IN3O. The molecule has 1 aliphatic heterocycles. The molecule has 0 saturated heterocycles. The smallest absolute Gasteiger partial charge is 0.416 e. The van der Waals surface area contributed by atoms with E-state index in [2.05, 4.69) is 44.4 Å². The van der Waals surface area contributed by atoms with Gasteiger partial charge in [-0.2, -0.15) is 13.2 Å². The number of halogens is 4. The molecule has 1 N–H and O–H groups in total. The van der Waals surface area contributed by atoms with Gasteiger partial charge in [-0.25, -0.2) is 4.98 Å². The van der Waals surface area contributed by atoms with Gasteiger partial charge in [0.2, 0.25) is 0 Å². The Morgan fingerprint density at radius 3 is 2.67 bits per heavy atom. The van der Waals surface area contributed by atoms with Gasteiger partial charge >= 0.3 is 6.18 Å². The Hall–Kier alpha value is -1.29. The maximum atomic E-state index is 12.6. The van der Waals surface area contributed by atoms with Crippen LogP contribution in [-0.2, 0) is 19.1 Å². The summed E-state index contributed by atoms with van der Waals surface area (Å²) < 4.78 is 46.6. The molecule has 1 unspecified atom stereocenters. The third-order valence-corrected chi connectivity index (χ3v) is 4.81. The van der Waals surface area contributed by atoms with Crippen molar-refractivity contribution in [3.05, 3.63) is 45.0 Å². The molecule has 0 spiro atoms. The maximum absolute atomic E-state index is 12.6. The summed E-state index contributed by atoms with van der Waals surface area (Å²) in [6.07, 6.45) is -3.47. The van der Waals surface area contributed by atoms with Crippen LogP contribution in [0.2, 0.25) is 0 Å². The average Bonchev–Trinajstić information content (AvgIpc) is 2.89. The summed E-state index contributed by atoms with van der Waals surface area (Å²) in [5, 5.41) is 3.39. The third-order valence-electron chi connectivity index (χ3n) is 4.01. The van der Waals surface area contributed by atoms with Crippen LogP contribution in [-0.4, -0.2) is 22.7 Å². The Morgan fingerprint density at radius 1 is 1.33 bits per heavy atom. The minimum Gasteiger partial charge on any atom is -0.492 e. The van der Waals surface area contributed by atoms with Crippen LogP contribution in [0.1, 0.15) is 30.0 Å². The predicted octanol–water partition coefficient (Wildman–Crippen LogP) is 3.79. The first-order chi connectivity index (χ1) is 11.4. The molecule has 1 atom stereocenters. The van der Waals surface area contributed by atoms with Crippen molar-refractivity contribution in [2.75, 3.05) is 13.2 Å². The minimum absolute atomic E-state index is 0.0271. The SMILES string of the molecule is CCc1nc(I)c2n1CCNC2COc1ccc(C(F)(F)F)cc1. The molecule has 2 aromatic rings. The van der Waals surface area contributed by atoms with Crippen molar-refractivity contribution in [1.29, 1.82) is 0 Å². The number of hydrogen-bond acceptors (Lipinski definition) is 3. The number of aryl methyl sites for hydroxylation is 1. The summed E-state index contributed by atoms with van der Waals surface area (Å²) in [5.41, 5.74) is 0.413. The van der Waals surface area contributed by atoms with Crippen molar-refractivity contribution in [1.82, 2.24) is 14.9 Å². The first-order valence-corrected chi connectivity index (χ1v) is 8.76.